The van der Waals surface area contributed by atoms with Crippen molar-refractivity contribution >= 4 is 0 Å². The van der Waals surface area contributed by atoms with E-state index >= 15 is 0 Å². The molecule has 1 saturated heterocycles. The molecule has 1 heteroatoms. The lowest BCUT2D eigenvalue weighted by Gasteiger charge is -2.31. The molecule has 0 radical (unpaired) electrons. The van der Waals surface area contributed by atoms with Gasteiger partial charge in [-0.1, -0.05) is 37.3 Å². The van der Waals surface area contributed by atoms with E-state index in [9.17, 15) is 0 Å². The second-order valence-corrected chi connectivity index (χ2v) is 4.68. The number of likely N-dealkylation sites (tertiary alicyclic amines) is 1. The van der Waals surface area contributed by atoms with Crippen molar-refractivity contribution in [3.8, 4) is 0 Å². The summed E-state index contributed by atoms with van der Waals surface area (Å²) in [6.07, 6.45) is 9.23. The fourth-order valence-electron chi connectivity index (χ4n) is 2.29. The maximum absolute atomic E-state index is 3.91. The number of nitrogens with zero attached hydrogens (tertiary/aromatic N) is 1. The molecule has 1 nitrogen and oxygen atoms in total. The highest BCUT2D eigenvalue weighted by Gasteiger charge is 2.19. The minimum absolute atomic E-state index is 0.753. The molecule has 0 amide bonds. The minimum Gasteiger partial charge on any atom is -0.304 e. The van der Waals surface area contributed by atoms with E-state index in [1.54, 1.807) is 0 Å². The Balaban J connectivity index is 2.53. The van der Waals surface area contributed by atoms with Gasteiger partial charge in [-0.2, -0.15) is 0 Å². The first-order valence-electron chi connectivity index (χ1n) is 6.39. The van der Waals surface area contributed by atoms with Crippen LogP contribution in [0.3, 0.4) is 0 Å². The predicted octanol–water partition coefficient (Wildman–Crippen LogP) is 3.80. The smallest absolute Gasteiger partial charge is 0.00130 e. The van der Waals surface area contributed by atoms with Crippen LogP contribution in [0.5, 0.6) is 0 Å². The molecular formula is C15H25N. The van der Waals surface area contributed by atoms with Gasteiger partial charge in [0.15, 0.2) is 0 Å². The number of rotatable bonds is 4. The second kappa shape index (κ2) is 6.70. The first kappa shape index (κ1) is 13.2. The Morgan fingerprint density at radius 1 is 1.31 bits per heavy atom. The number of hydrogen-bond donors (Lipinski definition) is 0. The van der Waals surface area contributed by atoms with Crippen LogP contribution in [0.1, 0.15) is 33.6 Å². The lowest BCUT2D eigenvalue weighted by Crippen LogP contribution is -2.33. The molecule has 0 atom stereocenters. The van der Waals surface area contributed by atoms with E-state index in [4.69, 9.17) is 0 Å². The first-order valence-corrected chi connectivity index (χ1v) is 6.39. The fourth-order valence-corrected chi connectivity index (χ4v) is 2.29. The molecule has 0 spiro atoms. The van der Waals surface area contributed by atoms with Crippen LogP contribution < -0.4 is 0 Å². The summed E-state index contributed by atoms with van der Waals surface area (Å²) in [5.41, 5.74) is 2.61. The third-order valence-electron chi connectivity index (χ3n) is 3.40. The van der Waals surface area contributed by atoms with Gasteiger partial charge in [-0.15, -0.1) is 0 Å². The van der Waals surface area contributed by atoms with Crippen LogP contribution in [0, 0.1) is 5.92 Å². The minimum atomic E-state index is 0.753. The van der Waals surface area contributed by atoms with Gasteiger partial charge in [-0.25, -0.2) is 0 Å². The largest absolute Gasteiger partial charge is 0.304 e. The van der Waals surface area contributed by atoms with Gasteiger partial charge in [-0.05, 0) is 57.8 Å². The quantitative estimate of drug-likeness (QED) is 0.650. The maximum Gasteiger partial charge on any atom is -0.00130 e. The average molecular weight is 219 g/mol. The molecule has 90 valence electrons. The normalized spacial score (nSPS) is 20.6. The first-order chi connectivity index (χ1) is 7.67. The zero-order chi connectivity index (χ0) is 12.0. The molecule has 0 N–H and O–H groups in total. The topological polar surface area (TPSA) is 3.24 Å². The van der Waals surface area contributed by atoms with Crippen molar-refractivity contribution in [3.63, 3.8) is 0 Å². The van der Waals surface area contributed by atoms with E-state index < -0.39 is 0 Å². The van der Waals surface area contributed by atoms with Crippen molar-refractivity contribution in [1.82, 2.24) is 4.90 Å². The zero-order valence-corrected chi connectivity index (χ0v) is 11.0. The van der Waals surface area contributed by atoms with Crippen molar-refractivity contribution in [2.24, 2.45) is 5.92 Å². The zero-order valence-electron chi connectivity index (χ0n) is 11.0. The van der Waals surface area contributed by atoms with Gasteiger partial charge >= 0.3 is 0 Å². The summed E-state index contributed by atoms with van der Waals surface area (Å²) < 4.78 is 0. The number of hydrogen-bond acceptors (Lipinski definition) is 1. The van der Waals surface area contributed by atoms with Crippen molar-refractivity contribution in [2.75, 3.05) is 19.6 Å². The highest BCUT2D eigenvalue weighted by Crippen LogP contribution is 2.25. The molecule has 1 aliphatic rings. The van der Waals surface area contributed by atoms with Gasteiger partial charge in [0.1, 0.15) is 0 Å². The summed E-state index contributed by atoms with van der Waals surface area (Å²) in [6, 6.07) is 0. The third kappa shape index (κ3) is 3.97. The van der Waals surface area contributed by atoms with Crippen LogP contribution in [0.4, 0.5) is 0 Å². The maximum atomic E-state index is 3.91. The molecule has 0 aliphatic carbocycles. The Morgan fingerprint density at radius 3 is 2.38 bits per heavy atom. The fraction of sp³-hybridized carbons (Fsp3) is 0.600. The molecule has 0 aromatic heterocycles. The molecule has 16 heavy (non-hydrogen) atoms. The van der Waals surface area contributed by atoms with Gasteiger partial charge in [0.25, 0.3) is 0 Å². The molecule has 1 fully saturated rings. The van der Waals surface area contributed by atoms with Crippen LogP contribution in [0.15, 0.2) is 36.0 Å². The SMILES string of the molecule is C=C(C)/C=C\C(=C/C)C1CCN(CC)CC1. The summed E-state index contributed by atoms with van der Waals surface area (Å²) in [4.78, 5) is 2.53. The predicted molar refractivity (Wildman–Crippen MR) is 72.5 cm³/mol. The summed E-state index contributed by atoms with van der Waals surface area (Å²) in [6.45, 7) is 14.0. The van der Waals surface area contributed by atoms with E-state index in [0.29, 0.717) is 0 Å². The molecule has 1 heterocycles. The van der Waals surface area contributed by atoms with Crippen LogP contribution in [0.2, 0.25) is 0 Å². The summed E-state index contributed by atoms with van der Waals surface area (Å²) in [5, 5.41) is 0. The van der Waals surface area contributed by atoms with Crippen LogP contribution in [-0.4, -0.2) is 24.5 Å². The molecular weight excluding hydrogens is 194 g/mol. The Hall–Kier alpha value is -0.820. The molecule has 0 unspecified atom stereocenters. The van der Waals surface area contributed by atoms with Gasteiger partial charge in [-0.3, -0.25) is 0 Å². The lowest BCUT2D eigenvalue weighted by molar-refractivity contribution is 0.209. The van der Waals surface area contributed by atoms with E-state index in [0.717, 1.165) is 11.5 Å². The van der Waals surface area contributed by atoms with E-state index in [1.807, 2.05) is 6.92 Å². The lowest BCUT2D eigenvalue weighted by atomic mass is 9.88. The molecule has 0 aromatic carbocycles. The van der Waals surface area contributed by atoms with Crippen LogP contribution in [-0.2, 0) is 0 Å². The Morgan fingerprint density at radius 2 is 1.94 bits per heavy atom. The Kier molecular flexibility index (Phi) is 5.54. The van der Waals surface area contributed by atoms with Crippen molar-refractivity contribution in [2.45, 2.75) is 33.6 Å². The molecule has 1 rings (SSSR count). The van der Waals surface area contributed by atoms with E-state index in [1.165, 1.54) is 38.0 Å². The average Bonchev–Trinajstić information content (AvgIpc) is 2.30. The highest BCUT2D eigenvalue weighted by molar-refractivity contribution is 5.27. The number of allylic oxidation sites excluding steroid dienone is 5. The molecule has 1 aliphatic heterocycles. The third-order valence-corrected chi connectivity index (χ3v) is 3.40. The monoisotopic (exact) mass is 219 g/mol. The summed E-state index contributed by atoms with van der Waals surface area (Å²) in [5.74, 6) is 0.753. The molecule has 0 bridgehead atoms. The van der Waals surface area contributed by atoms with Gasteiger partial charge in [0, 0.05) is 0 Å². The van der Waals surface area contributed by atoms with Crippen molar-refractivity contribution in [3.05, 3.63) is 36.0 Å². The van der Waals surface area contributed by atoms with Crippen LogP contribution >= 0.6 is 0 Å². The van der Waals surface area contributed by atoms with Crippen LogP contribution in [0.25, 0.3) is 0 Å². The van der Waals surface area contributed by atoms with Gasteiger partial charge in [0.05, 0.1) is 0 Å². The number of piperidine rings is 1. The van der Waals surface area contributed by atoms with Crippen molar-refractivity contribution < 1.29 is 0 Å². The Bertz CT molecular complexity index is 278. The second-order valence-electron chi connectivity index (χ2n) is 4.68. The molecule has 0 saturated carbocycles. The Labute approximate surface area is 101 Å². The summed E-state index contributed by atoms with van der Waals surface area (Å²) >= 11 is 0. The standard InChI is InChI=1S/C15H25N/c1-5-14(8-7-13(3)4)15-9-11-16(6-2)12-10-15/h5,7-8,15H,3,6,9-12H2,1-2,4H3/b8-7-,14-5+. The van der Waals surface area contributed by atoms with Gasteiger partial charge < -0.3 is 4.90 Å². The summed E-state index contributed by atoms with van der Waals surface area (Å²) in [7, 11) is 0. The highest BCUT2D eigenvalue weighted by atomic mass is 15.1. The van der Waals surface area contributed by atoms with E-state index in [-0.39, 0.29) is 0 Å². The van der Waals surface area contributed by atoms with E-state index in [2.05, 4.69) is 43.6 Å². The van der Waals surface area contributed by atoms with Gasteiger partial charge in [0.2, 0.25) is 0 Å². The molecule has 0 aromatic rings. The van der Waals surface area contributed by atoms with Crippen molar-refractivity contribution in [1.29, 1.82) is 0 Å².